The molecule has 3 rings (SSSR count). The van der Waals surface area contributed by atoms with Gasteiger partial charge in [0.25, 0.3) is 0 Å². The Morgan fingerprint density at radius 1 is 1.30 bits per heavy atom. The van der Waals surface area contributed by atoms with Gasteiger partial charge < -0.3 is 15.5 Å². The number of aliphatic imine (C=N–C) groups is 1. The summed E-state index contributed by atoms with van der Waals surface area (Å²) in [7, 11) is 0. The average molecular weight is 503 g/mol. The third-order valence-corrected chi connectivity index (χ3v) is 5.26. The topological polar surface area (TPSA) is 70.4 Å². The summed E-state index contributed by atoms with van der Waals surface area (Å²) in [5.74, 6) is 0.878. The van der Waals surface area contributed by atoms with Crippen LogP contribution >= 0.6 is 35.3 Å². The number of anilines is 1. The van der Waals surface area contributed by atoms with E-state index in [9.17, 15) is 0 Å². The van der Waals surface area contributed by atoms with E-state index < -0.39 is 0 Å². The molecule has 0 radical (unpaired) electrons. The molecule has 27 heavy (non-hydrogen) atoms. The van der Waals surface area contributed by atoms with Gasteiger partial charge in [-0.3, -0.25) is 9.67 Å². The van der Waals surface area contributed by atoms with Gasteiger partial charge in [-0.05, 0) is 32.3 Å². The summed E-state index contributed by atoms with van der Waals surface area (Å²) < 4.78 is 1.94. The molecule has 0 unspecified atom stereocenters. The van der Waals surface area contributed by atoms with Crippen LogP contribution in [0.5, 0.6) is 0 Å². The molecular formula is C18H30IN7S. The Morgan fingerprint density at radius 3 is 2.89 bits per heavy atom. The summed E-state index contributed by atoms with van der Waals surface area (Å²) in [6.07, 6.45) is 8.27. The fourth-order valence-electron chi connectivity index (χ4n) is 2.97. The van der Waals surface area contributed by atoms with Crippen LogP contribution < -0.4 is 15.5 Å². The minimum absolute atomic E-state index is 0. The van der Waals surface area contributed by atoms with Gasteiger partial charge in [0.2, 0.25) is 0 Å². The van der Waals surface area contributed by atoms with E-state index in [4.69, 9.17) is 4.98 Å². The Kier molecular flexibility index (Phi) is 9.89. The largest absolute Gasteiger partial charge is 0.357 e. The summed E-state index contributed by atoms with van der Waals surface area (Å²) >= 11 is 1.76. The Bertz CT molecular complexity index is 665. The fourth-order valence-corrected chi connectivity index (χ4v) is 3.89. The van der Waals surface area contributed by atoms with Crippen LogP contribution in [0.4, 0.5) is 5.13 Å². The summed E-state index contributed by atoms with van der Waals surface area (Å²) in [5.41, 5.74) is 1.17. The zero-order chi connectivity index (χ0) is 18.0. The van der Waals surface area contributed by atoms with Gasteiger partial charge in [-0.15, -0.1) is 35.3 Å². The quantitative estimate of drug-likeness (QED) is 0.239. The lowest BCUT2D eigenvalue weighted by Crippen LogP contribution is -2.38. The lowest BCUT2D eigenvalue weighted by atomic mass is 10.3. The highest BCUT2D eigenvalue weighted by Gasteiger charge is 2.15. The van der Waals surface area contributed by atoms with Crippen molar-refractivity contribution in [2.24, 2.45) is 4.99 Å². The minimum Gasteiger partial charge on any atom is -0.357 e. The normalized spacial score (nSPS) is 14.3. The maximum absolute atomic E-state index is 4.77. The molecule has 9 heteroatoms. The van der Waals surface area contributed by atoms with Crippen LogP contribution in [-0.2, 0) is 13.0 Å². The molecule has 0 atom stereocenters. The van der Waals surface area contributed by atoms with E-state index in [1.807, 2.05) is 23.1 Å². The van der Waals surface area contributed by atoms with Gasteiger partial charge in [0, 0.05) is 63.5 Å². The summed E-state index contributed by atoms with van der Waals surface area (Å²) in [6, 6.07) is 1.95. The monoisotopic (exact) mass is 503 g/mol. The molecule has 3 heterocycles. The number of nitrogens with one attached hydrogen (secondary N) is 2. The van der Waals surface area contributed by atoms with E-state index in [2.05, 4.69) is 37.9 Å². The van der Waals surface area contributed by atoms with Crippen molar-refractivity contribution in [2.45, 2.75) is 39.2 Å². The number of rotatable bonds is 9. The predicted octanol–water partition coefficient (Wildman–Crippen LogP) is 2.75. The van der Waals surface area contributed by atoms with E-state index in [-0.39, 0.29) is 24.0 Å². The van der Waals surface area contributed by atoms with Crippen molar-refractivity contribution in [3.8, 4) is 0 Å². The van der Waals surface area contributed by atoms with Crippen LogP contribution in [0.1, 0.15) is 31.9 Å². The highest BCUT2D eigenvalue weighted by Crippen LogP contribution is 2.24. The Balaban J connectivity index is 0.00000261. The first-order chi connectivity index (χ1) is 12.8. The van der Waals surface area contributed by atoms with Gasteiger partial charge in [0.1, 0.15) is 0 Å². The molecule has 1 aliphatic heterocycles. The van der Waals surface area contributed by atoms with E-state index in [0.717, 1.165) is 58.1 Å². The second-order valence-electron chi connectivity index (χ2n) is 6.38. The van der Waals surface area contributed by atoms with Gasteiger partial charge in [-0.2, -0.15) is 5.10 Å². The fraction of sp³-hybridized carbons (Fsp3) is 0.611. The number of hydrogen-bond acceptors (Lipinski definition) is 5. The molecule has 0 bridgehead atoms. The first-order valence-electron chi connectivity index (χ1n) is 9.54. The number of aromatic nitrogens is 3. The zero-order valence-corrected chi connectivity index (χ0v) is 19.1. The Morgan fingerprint density at radius 2 is 2.15 bits per heavy atom. The molecule has 1 saturated heterocycles. The van der Waals surface area contributed by atoms with Gasteiger partial charge in [0.15, 0.2) is 11.1 Å². The van der Waals surface area contributed by atoms with E-state index in [1.54, 1.807) is 11.3 Å². The van der Waals surface area contributed by atoms with Crippen molar-refractivity contribution >= 4 is 46.4 Å². The summed E-state index contributed by atoms with van der Waals surface area (Å²) in [5, 5.41) is 14.3. The van der Waals surface area contributed by atoms with Crippen LogP contribution in [-0.4, -0.2) is 53.4 Å². The lowest BCUT2D eigenvalue weighted by Gasteiger charge is -2.12. The van der Waals surface area contributed by atoms with Gasteiger partial charge in [-0.25, -0.2) is 4.98 Å². The smallest absolute Gasteiger partial charge is 0.191 e. The van der Waals surface area contributed by atoms with E-state index in [0.29, 0.717) is 0 Å². The molecule has 0 spiro atoms. The Hall–Kier alpha value is -1.36. The summed E-state index contributed by atoms with van der Waals surface area (Å²) in [4.78, 5) is 11.8. The highest BCUT2D eigenvalue weighted by molar-refractivity contribution is 14.0. The molecule has 2 aromatic heterocycles. The minimum atomic E-state index is 0. The van der Waals surface area contributed by atoms with Crippen molar-refractivity contribution in [1.29, 1.82) is 0 Å². The molecule has 0 saturated carbocycles. The SMILES string of the molecule is CCNC(=NCCCn1cccn1)NCCc1csc(N2CCCC2)n1.I. The molecule has 1 fully saturated rings. The maximum atomic E-state index is 4.77. The number of halogens is 1. The second-order valence-corrected chi connectivity index (χ2v) is 7.21. The van der Waals surface area contributed by atoms with Crippen molar-refractivity contribution in [3.05, 3.63) is 29.5 Å². The molecule has 0 aliphatic carbocycles. The maximum Gasteiger partial charge on any atom is 0.191 e. The van der Waals surface area contributed by atoms with Crippen LogP contribution in [0.15, 0.2) is 28.8 Å². The molecule has 0 amide bonds. The van der Waals surface area contributed by atoms with E-state index >= 15 is 0 Å². The number of aryl methyl sites for hydroxylation is 1. The molecule has 0 aromatic carbocycles. The first kappa shape index (κ1) is 21.9. The van der Waals surface area contributed by atoms with E-state index in [1.165, 1.54) is 23.7 Å². The first-order valence-corrected chi connectivity index (χ1v) is 10.4. The molecule has 150 valence electrons. The standard InChI is InChI=1S/C18H29N7S.HI/c1-2-19-17(20-8-5-13-25-14-6-9-22-25)21-10-7-16-15-26-18(23-16)24-11-3-4-12-24;/h6,9,14-15H,2-5,7-8,10-13H2,1H3,(H2,19,20,21);1H. The third-order valence-electron chi connectivity index (χ3n) is 4.31. The van der Waals surface area contributed by atoms with Gasteiger partial charge in [-0.1, -0.05) is 0 Å². The van der Waals surface area contributed by atoms with Crippen molar-refractivity contribution in [3.63, 3.8) is 0 Å². The Labute approximate surface area is 182 Å². The number of thiazole rings is 1. The zero-order valence-electron chi connectivity index (χ0n) is 15.9. The highest BCUT2D eigenvalue weighted by atomic mass is 127. The molecule has 1 aliphatic rings. The van der Waals surface area contributed by atoms with Crippen LogP contribution in [0.3, 0.4) is 0 Å². The molecule has 2 N–H and O–H groups in total. The number of hydrogen-bond donors (Lipinski definition) is 2. The summed E-state index contributed by atoms with van der Waals surface area (Å²) in [6.45, 7) is 7.78. The molecule has 7 nitrogen and oxygen atoms in total. The number of guanidine groups is 1. The van der Waals surface area contributed by atoms with Crippen molar-refractivity contribution in [1.82, 2.24) is 25.4 Å². The predicted molar refractivity (Wildman–Crippen MR) is 124 cm³/mol. The van der Waals surface area contributed by atoms with Crippen LogP contribution in [0, 0.1) is 0 Å². The van der Waals surface area contributed by atoms with Gasteiger partial charge in [0.05, 0.1) is 5.69 Å². The molecular weight excluding hydrogens is 473 g/mol. The van der Waals surface area contributed by atoms with Crippen LogP contribution in [0.25, 0.3) is 0 Å². The second kappa shape index (κ2) is 12.2. The third kappa shape index (κ3) is 7.28. The average Bonchev–Trinajstić information content (AvgIpc) is 3.40. The van der Waals surface area contributed by atoms with Crippen molar-refractivity contribution < 1.29 is 0 Å². The van der Waals surface area contributed by atoms with Crippen LogP contribution in [0.2, 0.25) is 0 Å². The number of nitrogens with zero attached hydrogens (tertiary/aromatic N) is 5. The van der Waals surface area contributed by atoms with Crippen molar-refractivity contribution in [2.75, 3.05) is 37.6 Å². The van der Waals surface area contributed by atoms with Gasteiger partial charge >= 0.3 is 0 Å². The molecule has 2 aromatic rings. The lowest BCUT2D eigenvalue weighted by molar-refractivity contribution is 0.584.